The van der Waals surface area contributed by atoms with Gasteiger partial charge in [0, 0.05) is 23.9 Å². The number of Topliss-reactive ketones (excluding diaryl/α,β-unsaturated/α-hetero) is 1. The predicted molar refractivity (Wildman–Crippen MR) is 131 cm³/mol. The number of carbonyl (C=O) groups is 1. The van der Waals surface area contributed by atoms with Crippen molar-refractivity contribution in [1.82, 2.24) is 0 Å². The van der Waals surface area contributed by atoms with Crippen molar-refractivity contribution in [2.75, 3.05) is 6.61 Å². The van der Waals surface area contributed by atoms with Crippen LogP contribution in [-0.4, -0.2) is 17.5 Å². The zero-order valence-electron chi connectivity index (χ0n) is 21.9. The van der Waals surface area contributed by atoms with Gasteiger partial charge in [-0.15, -0.1) is 0 Å². The van der Waals surface area contributed by atoms with Crippen LogP contribution in [0.25, 0.3) is 0 Å². The molecule has 0 unspecified atom stereocenters. The Morgan fingerprint density at radius 2 is 1.66 bits per heavy atom. The molecule has 5 aliphatic rings. The molecule has 4 saturated carbocycles. The first-order valence-electron chi connectivity index (χ1n) is 13.7. The summed E-state index contributed by atoms with van der Waals surface area (Å²) in [5.74, 6) is 3.61. The molecule has 2 nitrogen and oxygen atoms in total. The van der Waals surface area contributed by atoms with Gasteiger partial charge in [-0.1, -0.05) is 60.1 Å². The van der Waals surface area contributed by atoms with Crippen molar-refractivity contribution in [2.24, 2.45) is 56.7 Å². The molecule has 0 aromatic rings. The standard InChI is InChI=1S/C30H48O2/c1-19-10-15-30(18-31)17-16-28(6)21(25(30)20(19)2)8-9-23-27(5)13-12-24(32)26(3,4)22(27)11-14-29(23,28)7/h8,19-20,22-23,25,31H,9-18H2,1-7H3/t19-,20+,22+,23-,25+,27+,28-,29-,30-/m1/s1. The molecule has 32 heavy (non-hydrogen) atoms. The summed E-state index contributed by atoms with van der Waals surface area (Å²) < 4.78 is 0. The minimum Gasteiger partial charge on any atom is -0.396 e. The average molecular weight is 441 g/mol. The monoisotopic (exact) mass is 440 g/mol. The maximum Gasteiger partial charge on any atom is 0.138 e. The van der Waals surface area contributed by atoms with Gasteiger partial charge in [-0.2, -0.15) is 0 Å². The van der Waals surface area contributed by atoms with Crippen molar-refractivity contribution < 1.29 is 9.90 Å². The molecule has 0 spiro atoms. The third-order valence-electron chi connectivity index (χ3n) is 13.2. The van der Waals surface area contributed by atoms with Crippen LogP contribution in [0.15, 0.2) is 11.6 Å². The van der Waals surface area contributed by atoms with E-state index in [1.165, 1.54) is 44.9 Å². The zero-order valence-corrected chi connectivity index (χ0v) is 21.9. The first-order chi connectivity index (χ1) is 14.9. The molecule has 0 amide bonds. The van der Waals surface area contributed by atoms with Crippen molar-refractivity contribution in [3.63, 3.8) is 0 Å². The van der Waals surface area contributed by atoms with Crippen molar-refractivity contribution in [3.05, 3.63) is 11.6 Å². The van der Waals surface area contributed by atoms with E-state index in [2.05, 4.69) is 54.5 Å². The summed E-state index contributed by atoms with van der Waals surface area (Å²) in [6.07, 6.45) is 13.1. The smallest absolute Gasteiger partial charge is 0.138 e. The van der Waals surface area contributed by atoms with E-state index >= 15 is 0 Å². The molecule has 0 radical (unpaired) electrons. The van der Waals surface area contributed by atoms with Crippen LogP contribution in [0.4, 0.5) is 0 Å². The van der Waals surface area contributed by atoms with Crippen molar-refractivity contribution in [2.45, 2.75) is 106 Å². The van der Waals surface area contributed by atoms with Gasteiger partial charge in [-0.25, -0.2) is 0 Å². The van der Waals surface area contributed by atoms with Crippen LogP contribution in [0.1, 0.15) is 106 Å². The molecule has 0 saturated heterocycles. The second kappa shape index (κ2) is 6.96. The zero-order chi connectivity index (χ0) is 23.3. The quantitative estimate of drug-likeness (QED) is 0.438. The molecule has 5 rings (SSSR count). The van der Waals surface area contributed by atoms with Crippen LogP contribution < -0.4 is 0 Å². The highest BCUT2D eigenvalue weighted by molar-refractivity contribution is 5.85. The van der Waals surface area contributed by atoms with Crippen molar-refractivity contribution >= 4 is 5.78 Å². The molecule has 180 valence electrons. The summed E-state index contributed by atoms with van der Waals surface area (Å²) in [6.45, 7) is 17.6. The van der Waals surface area contributed by atoms with E-state index < -0.39 is 0 Å². The second-order valence-corrected chi connectivity index (χ2v) is 14.3. The maximum absolute atomic E-state index is 12.9. The molecule has 5 aliphatic carbocycles. The van der Waals surface area contributed by atoms with Gasteiger partial charge in [0.1, 0.15) is 5.78 Å². The Kier molecular flexibility index (Phi) is 5.03. The summed E-state index contributed by atoms with van der Waals surface area (Å²) in [6, 6.07) is 0. The van der Waals surface area contributed by atoms with Crippen molar-refractivity contribution in [1.29, 1.82) is 0 Å². The SMILES string of the molecule is C[C@H]1[C@H](C)CC[C@]2(CO)CC[C@]3(C)C(=CC[C@@H]4[C@@]5(C)CCC(=O)C(C)(C)[C@@H]5CC[C@]43C)[C@H]12. The van der Waals surface area contributed by atoms with Gasteiger partial charge in [-0.05, 0) is 97.2 Å². The van der Waals surface area contributed by atoms with E-state index in [4.69, 9.17) is 0 Å². The number of allylic oxidation sites excluding steroid dienone is 2. The number of rotatable bonds is 1. The Bertz CT molecular complexity index is 840. The Morgan fingerprint density at radius 3 is 2.34 bits per heavy atom. The van der Waals surface area contributed by atoms with Crippen LogP contribution in [0.2, 0.25) is 0 Å². The van der Waals surface area contributed by atoms with E-state index in [0.29, 0.717) is 41.5 Å². The Labute approximate surface area is 197 Å². The fraction of sp³-hybridized carbons (Fsp3) is 0.900. The van der Waals surface area contributed by atoms with Crippen LogP contribution in [0.5, 0.6) is 0 Å². The van der Waals surface area contributed by atoms with Crippen LogP contribution >= 0.6 is 0 Å². The third kappa shape index (κ3) is 2.60. The van der Waals surface area contributed by atoms with E-state index in [1.807, 2.05) is 0 Å². The lowest BCUT2D eigenvalue weighted by atomic mass is 9.33. The lowest BCUT2D eigenvalue weighted by Crippen LogP contribution is -2.64. The summed E-state index contributed by atoms with van der Waals surface area (Å²) in [5.41, 5.74) is 2.44. The molecule has 0 heterocycles. The first kappa shape index (κ1) is 23.1. The Hall–Kier alpha value is -0.630. The van der Waals surface area contributed by atoms with Gasteiger partial charge in [0.25, 0.3) is 0 Å². The maximum atomic E-state index is 12.9. The number of carbonyl (C=O) groups excluding carboxylic acids is 1. The molecule has 9 atom stereocenters. The largest absolute Gasteiger partial charge is 0.396 e. The molecule has 4 fully saturated rings. The lowest BCUT2D eigenvalue weighted by Gasteiger charge is -2.71. The van der Waals surface area contributed by atoms with Gasteiger partial charge >= 0.3 is 0 Å². The number of aliphatic hydroxyl groups is 1. The highest BCUT2D eigenvalue weighted by atomic mass is 16.3. The summed E-state index contributed by atoms with van der Waals surface area (Å²) in [4.78, 5) is 12.9. The summed E-state index contributed by atoms with van der Waals surface area (Å²) in [7, 11) is 0. The summed E-state index contributed by atoms with van der Waals surface area (Å²) >= 11 is 0. The van der Waals surface area contributed by atoms with E-state index in [9.17, 15) is 9.90 Å². The van der Waals surface area contributed by atoms with Gasteiger partial charge in [0.05, 0.1) is 0 Å². The highest BCUT2D eigenvalue weighted by Crippen LogP contribution is 2.75. The molecular formula is C30H48O2. The molecule has 0 bridgehead atoms. The number of fused-ring (bicyclic) bond motifs is 7. The van der Waals surface area contributed by atoms with Crippen LogP contribution in [0, 0.1) is 56.7 Å². The normalized spacial score (nSPS) is 54.6. The number of aliphatic hydroxyl groups excluding tert-OH is 1. The minimum atomic E-state index is -0.175. The van der Waals surface area contributed by atoms with E-state index in [1.54, 1.807) is 5.57 Å². The number of ketones is 1. The highest BCUT2D eigenvalue weighted by Gasteiger charge is 2.68. The van der Waals surface area contributed by atoms with Crippen LogP contribution in [-0.2, 0) is 4.79 Å². The second-order valence-electron chi connectivity index (χ2n) is 14.3. The number of hydrogen-bond donors (Lipinski definition) is 1. The van der Waals surface area contributed by atoms with Crippen LogP contribution in [0.3, 0.4) is 0 Å². The van der Waals surface area contributed by atoms with Crippen molar-refractivity contribution in [3.8, 4) is 0 Å². The molecule has 2 heteroatoms. The average Bonchev–Trinajstić information content (AvgIpc) is 2.74. The first-order valence-corrected chi connectivity index (χ1v) is 13.7. The molecule has 0 aromatic heterocycles. The van der Waals surface area contributed by atoms with Gasteiger partial charge in [0.15, 0.2) is 0 Å². The fourth-order valence-electron chi connectivity index (χ4n) is 10.7. The molecule has 0 aromatic carbocycles. The minimum absolute atomic E-state index is 0.112. The van der Waals surface area contributed by atoms with Gasteiger partial charge in [-0.3, -0.25) is 4.79 Å². The van der Waals surface area contributed by atoms with E-state index in [-0.39, 0.29) is 21.7 Å². The van der Waals surface area contributed by atoms with Gasteiger partial charge < -0.3 is 5.11 Å². The molecular weight excluding hydrogens is 392 g/mol. The lowest BCUT2D eigenvalue weighted by molar-refractivity contribution is -0.187. The third-order valence-corrected chi connectivity index (χ3v) is 13.2. The fourth-order valence-corrected chi connectivity index (χ4v) is 10.7. The Balaban J connectivity index is 1.60. The summed E-state index contributed by atoms with van der Waals surface area (Å²) in [5, 5.41) is 10.7. The number of hydrogen-bond acceptors (Lipinski definition) is 2. The molecule has 1 N–H and O–H groups in total. The topological polar surface area (TPSA) is 37.3 Å². The molecule has 0 aliphatic heterocycles. The Morgan fingerprint density at radius 1 is 0.938 bits per heavy atom. The predicted octanol–water partition coefficient (Wildman–Crippen LogP) is 7.21. The van der Waals surface area contributed by atoms with Gasteiger partial charge in [0.2, 0.25) is 0 Å². The van der Waals surface area contributed by atoms with E-state index in [0.717, 1.165) is 18.8 Å².